The van der Waals surface area contributed by atoms with Crippen molar-refractivity contribution in [1.29, 1.82) is 0 Å². The topological polar surface area (TPSA) is 74.2 Å². The number of aromatic nitrogens is 2. The standard InChI is InChI=1S/C11H9BrN2O4/c1-13-5-7(10(16)14(2)11(13)17)8(15)6-3-4-18-9(6)12/h3-5H,1-2H3. The molecule has 0 radical (unpaired) electrons. The largest absolute Gasteiger partial charge is 0.457 e. The van der Waals surface area contributed by atoms with E-state index in [1.165, 1.54) is 37.2 Å². The van der Waals surface area contributed by atoms with Crippen molar-refractivity contribution in [2.45, 2.75) is 0 Å². The number of hydrogen-bond acceptors (Lipinski definition) is 4. The first-order chi connectivity index (χ1) is 8.43. The van der Waals surface area contributed by atoms with Crippen LogP contribution in [0.25, 0.3) is 0 Å². The van der Waals surface area contributed by atoms with E-state index < -0.39 is 17.0 Å². The first kappa shape index (κ1) is 12.6. The number of furan rings is 1. The molecule has 0 amide bonds. The number of carbonyl (C=O) groups excluding carboxylic acids is 1. The number of carbonyl (C=O) groups is 1. The number of nitrogens with zero attached hydrogens (tertiary/aromatic N) is 2. The summed E-state index contributed by atoms with van der Waals surface area (Å²) in [5.41, 5.74) is -0.952. The fraction of sp³-hybridized carbons (Fsp3) is 0.182. The zero-order chi connectivity index (χ0) is 13.4. The van der Waals surface area contributed by atoms with Crippen molar-refractivity contribution in [3.05, 3.63) is 55.2 Å². The summed E-state index contributed by atoms with van der Waals surface area (Å²) in [4.78, 5) is 35.5. The Morgan fingerprint density at radius 2 is 1.94 bits per heavy atom. The molecule has 0 atom stereocenters. The van der Waals surface area contributed by atoms with Gasteiger partial charge in [-0.05, 0) is 22.0 Å². The van der Waals surface area contributed by atoms with E-state index in [0.29, 0.717) is 0 Å². The van der Waals surface area contributed by atoms with E-state index in [0.717, 1.165) is 4.57 Å². The smallest absolute Gasteiger partial charge is 0.330 e. The molecule has 6 nitrogen and oxygen atoms in total. The van der Waals surface area contributed by atoms with Crippen molar-refractivity contribution in [3.63, 3.8) is 0 Å². The summed E-state index contributed by atoms with van der Waals surface area (Å²) in [6.07, 6.45) is 2.57. The minimum Gasteiger partial charge on any atom is -0.457 e. The van der Waals surface area contributed by atoms with Gasteiger partial charge in [-0.1, -0.05) is 0 Å². The van der Waals surface area contributed by atoms with Gasteiger partial charge in [0.1, 0.15) is 5.56 Å². The van der Waals surface area contributed by atoms with Gasteiger partial charge in [-0.25, -0.2) is 4.79 Å². The third-order valence-corrected chi connectivity index (χ3v) is 3.17. The predicted molar refractivity (Wildman–Crippen MR) is 66.8 cm³/mol. The van der Waals surface area contributed by atoms with Gasteiger partial charge in [-0.3, -0.25) is 14.2 Å². The molecule has 0 fully saturated rings. The van der Waals surface area contributed by atoms with Gasteiger partial charge in [0.05, 0.1) is 11.8 Å². The van der Waals surface area contributed by atoms with Crippen LogP contribution < -0.4 is 11.2 Å². The zero-order valence-corrected chi connectivity index (χ0v) is 11.2. The molecule has 0 N–H and O–H groups in total. The molecule has 2 heterocycles. The van der Waals surface area contributed by atoms with Gasteiger partial charge >= 0.3 is 5.69 Å². The third kappa shape index (κ3) is 1.86. The molecule has 0 aliphatic rings. The zero-order valence-electron chi connectivity index (χ0n) is 9.64. The lowest BCUT2D eigenvalue weighted by molar-refractivity contribution is 0.103. The van der Waals surface area contributed by atoms with E-state index in [2.05, 4.69) is 15.9 Å². The molecule has 2 rings (SSSR count). The highest BCUT2D eigenvalue weighted by molar-refractivity contribution is 9.10. The van der Waals surface area contributed by atoms with Crippen LogP contribution in [0.5, 0.6) is 0 Å². The molecular formula is C11H9BrN2O4. The van der Waals surface area contributed by atoms with Crippen molar-refractivity contribution in [2.75, 3.05) is 0 Å². The van der Waals surface area contributed by atoms with Crippen molar-refractivity contribution in [3.8, 4) is 0 Å². The number of halogens is 1. The molecule has 0 unspecified atom stereocenters. The maximum Gasteiger partial charge on any atom is 0.330 e. The Morgan fingerprint density at radius 3 is 2.50 bits per heavy atom. The van der Waals surface area contributed by atoms with Crippen LogP contribution in [0.4, 0.5) is 0 Å². The number of ketones is 1. The van der Waals surface area contributed by atoms with Gasteiger partial charge in [0, 0.05) is 20.3 Å². The highest BCUT2D eigenvalue weighted by Crippen LogP contribution is 2.19. The Morgan fingerprint density at radius 1 is 1.28 bits per heavy atom. The molecule has 94 valence electrons. The van der Waals surface area contributed by atoms with Gasteiger partial charge in [0.2, 0.25) is 5.78 Å². The van der Waals surface area contributed by atoms with E-state index in [9.17, 15) is 14.4 Å². The summed E-state index contributed by atoms with van der Waals surface area (Å²) in [5.74, 6) is -0.494. The number of rotatable bonds is 2. The van der Waals surface area contributed by atoms with E-state index >= 15 is 0 Å². The molecule has 0 aromatic carbocycles. The van der Waals surface area contributed by atoms with Crippen LogP contribution >= 0.6 is 15.9 Å². The van der Waals surface area contributed by atoms with Gasteiger partial charge < -0.3 is 8.98 Å². The molecule has 0 aliphatic heterocycles. The number of aryl methyl sites for hydroxylation is 1. The van der Waals surface area contributed by atoms with Crippen LogP contribution in [0.15, 0.2) is 37.2 Å². The van der Waals surface area contributed by atoms with E-state index in [4.69, 9.17) is 4.42 Å². The Kier molecular flexibility index (Phi) is 3.08. The quantitative estimate of drug-likeness (QED) is 0.764. The molecule has 0 spiro atoms. The van der Waals surface area contributed by atoms with E-state index in [1.807, 2.05) is 0 Å². The average Bonchev–Trinajstić information content (AvgIpc) is 2.76. The Labute approximate surface area is 110 Å². The van der Waals surface area contributed by atoms with E-state index in [-0.39, 0.29) is 15.8 Å². The van der Waals surface area contributed by atoms with Crippen molar-refractivity contribution in [2.24, 2.45) is 14.1 Å². The normalized spacial score (nSPS) is 10.6. The minimum absolute atomic E-state index is 0.0818. The molecule has 18 heavy (non-hydrogen) atoms. The average molecular weight is 313 g/mol. The van der Waals surface area contributed by atoms with Crippen molar-refractivity contribution >= 4 is 21.7 Å². The maximum atomic E-state index is 12.1. The second kappa shape index (κ2) is 4.41. The van der Waals surface area contributed by atoms with Crippen LogP contribution in [0.2, 0.25) is 0 Å². The molecule has 0 saturated heterocycles. The number of hydrogen-bond donors (Lipinski definition) is 0. The Balaban J connectivity index is 2.67. The minimum atomic E-state index is -0.629. The first-order valence-corrected chi connectivity index (χ1v) is 5.77. The first-order valence-electron chi connectivity index (χ1n) is 4.98. The lowest BCUT2D eigenvalue weighted by atomic mass is 10.1. The molecule has 2 aromatic heterocycles. The second-order valence-electron chi connectivity index (χ2n) is 3.74. The molecule has 0 saturated carbocycles. The van der Waals surface area contributed by atoms with Crippen LogP contribution in [0.1, 0.15) is 15.9 Å². The SMILES string of the molecule is Cn1cc(C(=O)c2ccoc2Br)c(=O)n(C)c1=O. The monoisotopic (exact) mass is 312 g/mol. The van der Waals surface area contributed by atoms with Gasteiger partial charge in [-0.15, -0.1) is 0 Å². The van der Waals surface area contributed by atoms with Crippen LogP contribution in [0, 0.1) is 0 Å². The van der Waals surface area contributed by atoms with E-state index in [1.54, 1.807) is 0 Å². The van der Waals surface area contributed by atoms with Gasteiger partial charge in [0.15, 0.2) is 4.67 Å². The van der Waals surface area contributed by atoms with Crippen LogP contribution in [-0.4, -0.2) is 14.9 Å². The summed E-state index contributed by atoms with van der Waals surface area (Å²) in [6.45, 7) is 0. The lowest BCUT2D eigenvalue weighted by Crippen LogP contribution is -2.39. The van der Waals surface area contributed by atoms with Crippen LogP contribution in [-0.2, 0) is 14.1 Å². The summed E-state index contributed by atoms with van der Waals surface area (Å²) in [7, 11) is 2.80. The summed E-state index contributed by atoms with van der Waals surface area (Å²) < 4.78 is 7.28. The van der Waals surface area contributed by atoms with Crippen molar-refractivity contribution < 1.29 is 9.21 Å². The lowest BCUT2D eigenvalue weighted by Gasteiger charge is -2.05. The van der Waals surface area contributed by atoms with Crippen molar-refractivity contribution in [1.82, 2.24) is 9.13 Å². The fourth-order valence-corrected chi connectivity index (χ4v) is 1.98. The van der Waals surface area contributed by atoms with Gasteiger partial charge in [0.25, 0.3) is 5.56 Å². The molecular weight excluding hydrogens is 304 g/mol. The summed E-state index contributed by atoms with van der Waals surface area (Å²) in [6, 6.07) is 1.46. The second-order valence-corrected chi connectivity index (χ2v) is 4.46. The maximum absolute atomic E-state index is 12.1. The fourth-order valence-electron chi connectivity index (χ4n) is 1.56. The highest BCUT2D eigenvalue weighted by Gasteiger charge is 2.20. The third-order valence-electron chi connectivity index (χ3n) is 2.55. The molecule has 7 heteroatoms. The molecule has 2 aromatic rings. The summed E-state index contributed by atoms with van der Waals surface area (Å²) in [5, 5.41) is 0. The summed E-state index contributed by atoms with van der Waals surface area (Å²) >= 11 is 3.08. The molecule has 0 aliphatic carbocycles. The van der Waals surface area contributed by atoms with Crippen LogP contribution in [0.3, 0.4) is 0 Å². The Hall–Kier alpha value is -1.89. The highest BCUT2D eigenvalue weighted by atomic mass is 79.9. The predicted octanol–water partition coefficient (Wildman–Crippen LogP) is 0.670. The van der Waals surface area contributed by atoms with Gasteiger partial charge in [-0.2, -0.15) is 0 Å². The molecule has 0 bridgehead atoms. The Bertz CT molecular complexity index is 738.